The number of ether oxygens (including phenoxy) is 2. The molecule has 0 unspecified atom stereocenters. The first-order valence-corrected chi connectivity index (χ1v) is 12.5. The van der Waals surface area contributed by atoms with Crippen molar-refractivity contribution in [2.45, 2.75) is 13.5 Å². The number of hydrogen-bond donors (Lipinski definition) is 3. The average Bonchev–Trinajstić information content (AvgIpc) is 3.22. The van der Waals surface area contributed by atoms with E-state index in [1.165, 1.54) is 12.1 Å². The van der Waals surface area contributed by atoms with Crippen LogP contribution in [0.3, 0.4) is 0 Å². The number of carboxylic acid groups (broad SMARTS) is 2. The van der Waals surface area contributed by atoms with Crippen molar-refractivity contribution in [1.29, 1.82) is 0 Å². The Labute approximate surface area is 226 Å². The number of aliphatic imine (C=N–C) groups is 1. The Balaban J connectivity index is 1.54. The van der Waals surface area contributed by atoms with Crippen LogP contribution < -0.4 is 14.8 Å². The van der Waals surface area contributed by atoms with Gasteiger partial charge < -0.3 is 25.0 Å². The minimum atomic E-state index is -1.29. The van der Waals surface area contributed by atoms with Crippen molar-refractivity contribution in [3.8, 4) is 11.5 Å². The molecule has 0 saturated carbocycles. The molecule has 3 aromatic carbocycles. The van der Waals surface area contributed by atoms with Crippen LogP contribution in [0.1, 0.15) is 38.8 Å². The topological polar surface area (TPSA) is 135 Å². The molecule has 0 radical (unpaired) electrons. The van der Waals surface area contributed by atoms with E-state index in [4.69, 9.17) is 21.1 Å². The summed E-state index contributed by atoms with van der Waals surface area (Å²) in [4.78, 5) is 39.8. The lowest BCUT2D eigenvalue weighted by Gasteiger charge is -2.13. The summed E-state index contributed by atoms with van der Waals surface area (Å²) in [7, 11) is 0. The molecule has 3 N–H and O–H groups in total. The maximum atomic E-state index is 12.6. The Hall–Kier alpha value is -4.28. The number of amidine groups is 1. The number of rotatable bonds is 9. The second kappa shape index (κ2) is 11.8. The van der Waals surface area contributed by atoms with E-state index < -0.39 is 17.8 Å². The molecule has 1 heterocycles. The van der Waals surface area contributed by atoms with E-state index >= 15 is 0 Å². The highest BCUT2D eigenvalue weighted by Crippen LogP contribution is 2.33. The number of carbonyl (C=O) groups excluding carboxylic acids is 1. The number of thioether (sulfide) groups is 1. The molecule has 1 amide bonds. The normalized spacial score (nSPS) is 14.9. The zero-order valence-corrected chi connectivity index (χ0v) is 21.5. The van der Waals surface area contributed by atoms with Crippen molar-refractivity contribution >= 4 is 58.1 Å². The summed E-state index contributed by atoms with van der Waals surface area (Å²) in [5, 5.41) is 22.0. The number of hydrogen-bond acceptors (Lipinski definition) is 7. The van der Waals surface area contributed by atoms with Crippen LogP contribution in [0.15, 0.2) is 70.6 Å². The molecule has 0 atom stereocenters. The number of nitrogens with zero attached hydrogens (tertiary/aromatic N) is 1. The molecule has 194 valence electrons. The summed E-state index contributed by atoms with van der Waals surface area (Å²) in [6, 6.07) is 16.1. The van der Waals surface area contributed by atoms with Crippen LogP contribution in [-0.4, -0.2) is 39.8 Å². The molecular weight excluding hydrogens is 532 g/mol. The third-order valence-corrected chi connectivity index (χ3v) is 6.33. The highest BCUT2D eigenvalue weighted by Gasteiger charge is 2.24. The minimum Gasteiger partial charge on any atom is -0.490 e. The molecule has 1 saturated heterocycles. The van der Waals surface area contributed by atoms with E-state index in [2.05, 4.69) is 10.3 Å². The lowest BCUT2D eigenvalue weighted by atomic mass is 10.1. The Bertz CT molecular complexity index is 1440. The summed E-state index contributed by atoms with van der Waals surface area (Å²) in [6.45, 7) is 2.59. The predicted molar refractivity (Wildman–Crippen MR) is 145 cm³/mol. The summed E-state index contributed by atoms with van der Waals surface area (Å²) in [5.41, 5.74) is 1.27. The van der Waals surface area contributed by atoms with Gasteiger partial charge in [-0.1, -0.05) is 29.8 Å². The SMILES string of the molecule is CCOc1cc(/C=C2\SC(=Nc3cc(C(=O)O)cc(C(=O)O)c3)NC2=O)ccc1OCc1ccc(Cl)cc1. The number of aromatic carboxylic acids is 2. The molecular formula is C27H21ClN2O7S. The van der Waals surface area contributed by atoms with Gasteiger partial charge in [-0.2, -0.15) is 0 Å². The Kier molecular flexibility index (Phi) is 8.35. The molecule has 1 aliphatic heterocycles. The van der Waals surface area contributed by atoms with Crippen LogP contribution in [0.4, 0.5) is 5.69 Å². The fourth-order valence-electron chi connectivity index (χ4n) is 3.42. The number of benzene rings is 3. The number of carboxylic acids is 2. The summed E-state index contributed by atoms with van der Waals surface area (Å²) < 4.78 is 11.7. The van der Waals surface area contributed by atoms with E-state index in [0.717, 1.165) is 23.4 Å². The van der Waals surface area contributed by atoms with Gasteiger partial charge in [0.05, 0.1) is 28.3 Å². The standard InChI is InChI=1S/C27H21ClN2O7S/c1-2-36-22-9-16(5-8-21(22)37-14-15-3-6-19(28)7-4-15)10-23-24(31)30-27(38-23)29-20-12-17(25(32)33)11-18(13-20)26(34)35/h3-13H,2,14H2,1H3,(H,32,33)(H,34,35)(H,29,30,31)/b23-10-. The molecule has 11 heteroatoms. The molecule has 4 rings (SSSR count). The number of amides is 1. The highest BCUT2D eigenvalue weighted by atomic mass is 35.5. The molecule has 3 aromatic rings. The quantitative estimate of drug-likeness (QED) is 0.292. The highest BCUT2D eigenvalue weighted by molar-refractivity contribution is 8.18. The van der Waals surface area contributed by atoms with Crippen LogP contribution in [-0.2, 0) is 11.4 Å². The van der Waals surface area contributed by atoms with E-state index in [-0.39, 0.29) is 22.0 Å². The lowest BCUT2D eigenvalue weighted by Crippen LogP contribution is -2.19. The molecule has 0 spiro atoms. The summed E-state index contributed by atoms with van der Waals surface area (Å²) >= 11 is 6.97. The third kappa shape index (κ3) is 6.72. The number of carbonyl (C=O) groups is 3. The minimum absolute atomic E-state index is 0.0900. The van der Waals surface area contributed by atoms with E-state index in [1.54, 1.807) is 36.4 Å². The van der Waals surface area contributed by atoms with Gasteiger partial charge in [-0.15, -0.1) is 0 Å². The number of halogens is 1. The van der Waals surface area contributed by atoms with Gasteiger partial charge in [0, 0.05) is 5.02 Å². The molecule has 1 fully saturated rings. The predicted octanol–water partition coefficient (Wildman–Crippen LogP) is 5.61. The van der Waals surface area contributed by atoms with Crippen LogP contribution in [0.2, 0.25) is 5.02 Å². The zero-order chi connectivity index (χ0) is 27.2. The van der Waals surface area contributed by atoms with Gasteiger partial charge in [-0.25, -0.2) is 14.6 Å². The fourth-order valence-corrected chi connectivity index (χ4v) is 4.38. The van der Waals surface area contributed by atoms with Crippen molar-refractivity contribution in [3.05, 3.63) is 92.8 Å². The first-order valence-electron chi connectivity index (χ1n) is 11.3. The van der Waals surface area contributed by atoms with Crippen LogP contribution in [0.25, 0.3) is 6.08 Å². The summed E-state index contributed by atoms with van der Waals surface area (Å²) in [6.07, 6.45) is 1.66. The molecule has 0 bridgehead atoms. The van der Waals surface area contributed by atoms with Crippen LogP contribution in [0, 0.1) is 0 Å². The van der Waals surface area contributed by atoms with Gasteiger partial charge in [0.15, 0.2) is 16.7 Å². The Morgan fingerprint density at radius 1 is 0.974 bits per heavy atom. The first kappa shape index (κ1) is 26.8. The van der Waals surface area contributed by atoms with E-state index in [0.29, 0.717) is 40.2 Å². The van der Waals surface area contributed by atoms with Crippen LogP contribution in [0.5, 0.6) is 11.5 Å². The van der Waals surface area contributed by atoms with Crippen molar-refractivity contribution in [3.63, 3.8) is 0 Å². The molecule has 38 heavy (non-hydrogen) atoms. The van der Waals surface area contributed by atoms with Crippen molar-refractivity contribution < 1.29 is 34.1 Å². The van der Waals surface area contributed by atoms with Gasteiger partial charge in [0.25, 0.3) is 5.91 Å². The second-order valence-electron chi connectivity index (χ2n) is 7.91. The Morgan fingerprint density at radius 2 is 1.66 bits per heavy atom. The molecule has 1 aliphatic rings. The zero-order valence-electron chi connectivity index (χ0n) is 19.9. The van der Waals surface area contributed by atoms with Gasteiger partial charge in [-0.05, 0) is 78.4 Å². The summed E-state index contributed by atoms with van der Waals surface area (Å²) in [5.74, 6) is -1.92. The van der Waals surface area contributed by atoms with Gasteiger partial charge in [-0.3, -0.25) is 4.79 Å². The first-order chi connectivity index (χ1) is 18.2. The number of nitrogens with one attached hydrogen (secondary N) is 1. The fraction of sp³-hybridized carbons (Fsp3) is 0.111. The van der Waals surface area contributed by atoms with Crippen LogP contribution >= 0.6 is 23.4 Å². The maximum absolute atomic E-state index is 12.6. The maximum Gasteiger partial charge on any atom is 0.335 e. The van der Waals surface area contributed by atoms with E-state index in [1.807, 2.05) is 19.1 Å². The monoisotopic (exact) mass is 552 g/mol. The van der Waals surface area contributed by atoms with Crippen molar-refractivity contribution in [2.75, 3.05) is 6.61 Å². The lowest BCUT2D eigenvalue weighted by molar-refractivity contribution is -0.115. The largest absolute Gasteiger partial charge is 0.490 e. The van der Waals surface area contributed by atoms with Gasteiger partial charge in [0.1, 0.15) is 6.61 Å². The smallest absolute Gasteiger partial charge is 0.335 e. The molecule has 9 nitrogen and oxygen atoms in total. The third-order valence-electron chi connectivity index (χ3n) is 5.17. The molecule has 0 aliphatic carbocycles. The molecule has 0 aromatic heterocycles. The Morgan fingerprint density at radius 3 is 2.29 bits per heavy atom. The van der Waals surface area contributed by atoms with Crippen molar-refractivity contribution in [2.24, 2.45) is 4.99 Å². The van der Waals surface area contributed by atoms with E-state index in [9.17, 15) is 24.6 Å². The average molecular weight is 553 g/mol. The van der Waals surface area contributed by atoms with Gasteiger partial charge in [0.2, 0.25) is 0 Å². The van der Waals surface area contributed by atoms with Crippen molar-refractivity contribution in [1.82, 2.24) is 5.32 Å². The van der Waals surface area contributed by atoms with Gasteiger partial charge >= 0.3 is 11.9 Å². The second-order valence-corrected chi connectivity index (χ2v) is 9.38.